The highest BCUT2D eigenvalue weighted by Gasteiger charge is 2.50. The van der Waals surface area contributed by atoms with Gasteiger partial charge in [0, 0.05) is 6.92 Å². The number of esters is 1. The zero-order valence-electron chi connectivity index (χ0n) is 19.0. The predicted octanol–water partition coefficient (Wildman–Crippen LogP) is 1.95. The fraction of sp³-hybridized carbons (Fsp3) is 0.440. The lowest BCUT2D eigenvalue weighted by molar-refractivity contribution is -0.229. The third kappa shape index (κ3) is 6.85. The molecule has 1 heterocycles. The third-order valence-corrected chi connectivity index (χ3v) is 5.52. The molecule has 3 rings (SSSR count). The van der Waals surface area contributed by atoms with E-state index < -0.39 is 36.4 Å². The topological polar surface area (TPSA) is 109 Å². The van der Waals surface area contributed by atoms with E-state index in [-0.39, 0.29) is 19.1 Å². The maximum Gasteiger partial charge on any atom is 0.337 e. The molecule has 0 spiro atoms. The summed E-state index contributed by atoms with van der Waals surface area (Å²) >= 11 is 0. The van der Waals surface area contributed by atoms with Crippen LogP contribution in [0.3, 0.4) is 0 Å². The van der Waals surface area contributed by atoms with Crippen molar-refractivity contribution in [2.75, 3.05) is 13.7 Å². The smallest absolute Gasteiger partial charge is 0.337 e. The first kappa shape index (κ1) is 24.9. The van der Waals surface area contributed by atoms with E-state index in [0.29, 0.717) is 13.0 Å². The molecule has 1 saturated heterocycles. The molecule has 0 saturated carbocycles. The van der Waals surface area contributed by atoms with E-state index in [2.05, 4.69) is 5.32 Å². The number of hydrogen-bond acceptors (Lipinski definition) is 7. The molecule has 1 fully saturated rings. The van der Waals surface area contributed by atoms with Crippen LogP contribution >= 0.6 is 0 Å². The summed E-state index contributed by atoms with van der Waals surface area (Å²) in [6.07, 6.45) is -2.63. The van der Waals surface area contributed by atoms with E-state index in [1.54, 1.807) is 0 Å². The summed E-state index contributed by atoms with van der Waals surface area (Å²) in [7, 11) is 1.30. The van der Waals surface area contributed by atoms with Gasteiger partial charge in [0.15, 0.2) is 6.10 Å². The lowest BCUT2D eigenvalue weighted by atomic mass is 9.90. The van der Waals surface area contributed by atoms with Crippen molar-refractivity contribution in [2.45, 2.75) is 57.0 Å². The van der Waals surface area contributed by atoms with Crippen LogP contribution < -0.4 is 11.1 Å². The van der Waals surface area contributed by atoms with E-state index in [4.69, 9.17) is 24.7 Å². The molecule has 33 heavy (non-hydrogen) atoms. The maximum absolute atomic E-state index is 12.7. The number of benzene rings is 2. The fourth-order valence-electron chi connectivity index (χ4n) is 3.98. The van der Waals surface area contributed by atoms with E-state index in [9.17, 15) is 9.59 Å². The van der Waals surface area contributed by atoms with Gasteiger partial charge in [0.2, 0.25) is 5.91 Å². The average Bonchev–Trinajstić information content (AvgIpc) is 2.83. The van der Waals surface area contributed by atoms with Crippen LogP contribution in [0.4, 0.5) is 0 Å². The molecule has 178 valence electrons. The summed E-state index contributed by atoms with van der Waals surface area (Å²) in [4.78, 5) is 24.7. The van der Waals surface area contributed by atoms with Gasteiger partial charge in [-0.15, -0.1) is 0 Å². The van der Waals surface area contributed by atoms with Crippen LogP contribution in [0.25, 0.3) is 0 Å². The van der Waals surface area contributed by atoms with Crippen molar-refractivity contribution < 1.29 is 28.5 Å². The molecule has 0 aliphatic carbocycles. The van der Waals surface area contributed by atoms with Crippen molar-refractivity contribution in [2.24, 2.45) is 5.73 Å². The summed E-state index contributed by atoms with van der Waals surface area (Å²) in [5.41, 5.74) is 7.69. The van der Waals surface area contributed by atoms with E-state index in [0.717, 1.165) is 11.1 Å². The SMILES string of the molecule is COC(=O)[C@H]1O[C@H](CCN)[C@H](NC(C)=O)[C@@H](OCc2ccccc2)[C@@H]1OCc1ccccc1. The largest absolute Gasteiger partial charge is 0.467 e. The zero-order valence-corrected chi connectivity index (χ0v) is 19.0. The molecule has 8 nitrogen and oxygen atoms in total. The van der Waals surface area contributed by atoms with Crippen LogP contribution in [0.15, 0.2) is 60.7 Å². The summed E-state index contributed by atoms with van der Waals surface area (Å²) in [5.74, 6) is -0.804. The van der Waals surface area contributed by atoms with Gasteiger partial charge in [-0.25, -0.2) is 4.79 Å². The van der Waals surface area contributed by atoms with Gasteiger partial charge in [-0.1, -0.05) is 60.7 Å². The Morgan fingerprint density at radius 2 is 1.48 bits per heavy atom. The van der Waals surface area contributed by atoms with Gasteiger partial charge in [-0.2, -0.15) is 0 Å². The Balaban J connectivity index is 1.92. The summed E-state index contributed by atoms with van der Waals surface area (Å²) in [6, 6.07) is 18.7. The average molecular weight is 457 g/mol. The van der Waals surface area contributed by atoms with Crippen LogP contribution in [0.2, 0.25) is 0 Å². The second-order valence-corrected chi connectivity index (χ2v) is 7.94. The number of carbonyl (C=O) groups excluding carboxylic acids is 2. The molecule has 0 aromatic heterocycles. The number of rotatable bonds is 10. The molecule has 3 N–H and O–H groups in total. The van der Waals surface area contributed by atoms with Crippen LogP contribution in [0.1, 0.15) is 24.5 Å². The minimum atomic E-state index is -1.03. The Morgan fingerprint density at radius 1 is 0.939 bits per heavy atom. The molecule has 5 atom stereocenters. The van der Waals surface area contributed by atoms with Crippen molar-refractivity contribution >= 4 is 11.9 Å². The second kappa shape index (κ2) is 12.5. The van der Waals surface area contributed by atoms with Crippen molar-refractivity contribution in [1.29, 1.82) is 0 Å². The van der Waals surface area contributed by atoms with Crippen molar-refractivity contribution in [1.82, 2.24) is 5.32 Å². The zero-order chi connectivity index (χ0) is 23.6. The monoisotopic (exact) mass is 456 g/mol. The molecule has 8 heteroatoms. The quantitative estimate of drug-likeness (QED) is 0.526. The fourth-order valence-corrected chi connectivity index (χ4v) is 3.98. The van der Waals surface area contributed by atoms with E-state index in [1.807, 2.05) is 60.7 Å². The third-order valence-electron chi connectivity index (χ3n) is 5.52. The van der Waals surface area contributed by atoms with Crippen LogP contribution in [-0.2, 0) is 41.8 Å². The summed E-state index contributed by atoms with van der Waals surface area (Å²) in [5, 5.41) is 2.93. The Morgan fingerprint density at radius 3 is 1.97 bits per heavy atom. The highest BCUT2D eigenvalue weighted by atomic mass is 16.6. The Hall–Kier alpha value is -2.78. The van der Waals surface area contributed by atoms with Crippen LogP contribution in [0.5, 0.6) is 0 Å². The lowest BCUT2D eigenvalue weighted by Gasteiger charge is -2.45. The number of methoxy groups -OCH3 is 1. The van der Waals surface area contributed by atoms with Crippen molar-refractivity contribution in [3.8, 4) is 0 Å². The van der Waals surface area contributed by atoms with Gasteiger partial charge < -0.3 is 30.0 Å². The van der Waals surface area contributed by atoms with Crippen LogP contribution in [0, 0.1) is 0 Å². The minimum Gasteiger partial charge on any atom is -0.467 e. The van der Waals surface area contributed by atoms with Gasteiger partial charge in [-0.3, -0.25) is 4.79 Å². The van der Waals surface area contributed by atoms with E-state index >= 15 is 0 Å². The first-order chi connectivity index (χ1) is 16.0. The molecule has 2 aromatic rings. The van der Waals surface area contributed by atoms with Crippen LogP contribution in [-0.4, -0.2) is 56.0 Å². The lowest BCUT2D eigenvalue weighted by Crippen LogP contribution is -2.66. The molecule has 1 amide bonds. The molecule has 0 bridgehead atoms. The van der Waals surface area contributed by atoms with Gasteiger partial charge in [0.25, 0.3) is 0 Å². The summed E-state index contributed by atoms with van der Waals surface area (Å²) in [6.45, 7) is 2.26. The predicted molar refractivity (Wildman–Crippen MR) is 122 cm³/mol. The Labute approximate surface area is 194 Å². The van der Waals surface area contributed by atoms with Crippen molar-refractivity contribution in [3.63, 3.8) is 0 Å². The second-order valence-electron chi connectivity index (χ2n) is 7.94. The molecule has 1 aliphatic heterocycles. The maximum atomic E-state index is 12.7. The molecule has 0 radical (unpaired) electrons. The van der Waals surface area contributed by atoms with E-state index in [1.165, 1.54) is 14.0 Å². The number of nitrogens with one attached hydrogen (secondary N) is 1. The highest BCUT2D eigenvalue weighted by Crippen LogP contribution is 2.30. The van der Waals surface area contributed by atoms with Gasteiger partial charge in [0.1, 0.15) is 12.2 Å². The highest BCUT2D eigenvalue weighted by molar-refractivity contribution is 5.76. The van der Waals surface area contributed by atoms with Crippen molar-refractivity contribution in [3.05, 3.63) is 71.8 Å². The first-order valence-electron chi connectivity index (χ1n) is 11.0. The molecular weight excluding hydrogens is 424 g/mol. The molecular formula is C25H32N2O6. The Kier molecular flexibility index (Phi) is 9.38. The number of amides is 1. The first-order valence-corrected chi connectivity index (χ1v) is 11.0. The van der Waals surface area contributed by atoms with Gasteiger partial charge in [0.05, 0.1) is 32.5 Å². The molecule has 2 aromatic carbocycles. The standard InChI is InChI=1S/C25H32N2O6/c1-17(28)27-21-20(13-14-26)33-24(25(29)30-2)23(32-16-19-11-7-4-8-12-19)22(21)31-15-18-9-5-3-6-10-18/h3-12,20-24H,13-16,26H2,1-2H3,(H,27,28)/t20-,21+,22-,23+,24+/m1/s1. The Bertz CT molecular complexity index is 879. The normalized spacial score (nSPS) is 24.8. The number of ether oxygens (including phenoxy) is 4. The summed E-state index contributed by atoms with van der Waals surface area (Å²) < 4.78 is 23.6. The number of hydrogen-bond donors (Lipinski definition) is 2. The number of carbonyl (C=O) groups is 2. The molecule has 0 unspecified atom stereocenters. The van der Waals surface area contributed by atoms with Gasteiger partial charge in [-0.05, 0) is 24.1 Å². The molecule has 1 aliphatic rings. The number of nitrogens with two attached hydrogens (primary N) is 1. The van der Waals surface area contributed by atoms with Gasteiger partial charge >= 0.3 is 5.97 Å². The minimum absolute atomic E-state index is 0.238.